The zero-order valence-corrected chi connectivity index (χ0v) is 13.3. The Labute approximate surface area is 132 Å². The number of carbonyl (C=O) groups excluding carboxylic acids is 1. The van der Waals surface area contributed by atoms with Gasteiger partial charge in [0.1, 0.15) is 5.75 Å². The summed E-state index contributed by atoms with van der Waals surface area (Å²) in [5, 5.41) is 18.0. The Morgan fingerprint density at radius 3 is 3.00 bits per heavy atom. The summed E-state index contributed by atoms with van der Waals surface area (Å²) < 4.78 is 0. The summed E-state index contributed by atoms with van der Waals surface area (Å²) in [7, 11) is 0. The SMILES string of the molecule is CCNC(C)c1csc(NC(=O)c2cc(O)ccc2Cl)n1. The highest BCUT2D eigenvalue weighted by Gasteiger charge is 2.14. The van der Waals surface area contributed by atoms with E-state index in [0.29, 0.717) is 5.13 Å². The first-order valence-corrected chi connectivity index (χ1v) is 7.75. The molecule has 1 unspecified atom stereocenters. The molecule has 112 valence electrons. The summed E-state index contributed by atoms with van der Waals surface area (Å²) in [6.45, 7) is 4.88. The smallest absolute Gasteiger partial charge is 0.259 e. The second kappa shape index (κ2) is 6.89. The van der Waals surface area contributed by atoms with Crippen LogP contribution in [0.5, 0.6) is 5.75 Å². The molecular weight excluding hydrogens is 310 g/mol. The molecule has 1 atom stereocenters. The van der Waals surface area contributed by atoms with E-state index in [2.05, 4.69) is 15.6 Å². The first-order valence-electron chi connectivity index (χ1n) is 6.50. The number of benzene rings is 1. The molecule has 0 saturated heterocycles. The second-order valence-electron chi connectivity index (χ2n) is 4.48. The van der Waals surface area contributed by atoms with Crippen molar-refractivity contribution in [2.75, 3.05) is 11.9 Å². The van der Waals surface area contributed by atoms with Gasteiger partial charge in [0.15, 0.2) is 5.13 Å². The summed E-state index contributed by atoms with van der Waals surface area (Å²) >= 11 is 7.30. The van der Waals surface area contributed by atoms with Crippen LogP contribution in [0.3, 0.4) is 0 Å². The lowest BCUT2D eigenvalue weighted by atomic mass is 10.2. The standard InChI is InChI=1S/C14H16ClN3O2S/c1-3-16-8(2)12-7-21-14(17-12)18-13(20)10-6-9(19)4-5-11(10)15/h4-8,16,19H,3H2,1-2H3,(H,17,18,20). The predicted molar refractivity (Wildman–Crippen MR) is 85.3 cm³/mol. The minimum Gasteiger partial charge on any atom is -0.508 e. The zero-order valence-electron chi connectivity index (χ0n) is 11.7. The highest BCUT2D eigenvalue weighted by molar-refractivity contribution is 7.14. The maximum Gasteiger partial charge on any atom is 0.259 e. The number of halogens is 1. The highest BCUT2D eigenvalue weighted by atomic mass is 35.5. The van der Waals surface area contributed by atoms with Crippen molar-refractivity contribution in [3.8, 4) is 5.75 Å². The van der Waals surface area contributed by atoms with E-state index in [0.717, 1.165) is 12.2 Å². The van der Waals surface area contributed by atoms with E-state index < -0.39 is 5.91 Å². The van der Waals surface area contributed by atoms with E-state index in [9.17, 15) is 9.90 Å². The van der Waals surface area contributed by atoms with Gasteiger partial charge in [-0.3, -0.25) is 10.1 Å². The molecule has 1 heterocycles. The van der Waals surface area contributed by atoms with Crippen molar-refractivity contribution >= 4 is 34.0 Å². The number of hydrogen-bond donors (Lipinski definition) is 3. The fraction of sp³-hybridized carbons (Fsp3) is 0.286. The first-order chi connectivity index (χ1) is 10.0. The van der Waals surface area contributed by atoms with Crippen LogP contribution in [-0.4, -0.2) is 22.5 Å². The van der Waals surface area contributed by atoms with Crippen LogP contribution in [-0.2, 0) is 0 Å². The molecule has 5 nitrogen and oxygen atoms in total. The van der Waals surface area contributed by atoms with E-state index in [1.54, 1.807) is 0 Å². The number of hydrogen-bond acceptors (Lipinski definition) is 5. The molecule has 1 aromatic carbocycles. The average molecular weight is 326 g/mol. The number of rotatable bonds is 5. The van der Waals surface area contributed by atoms with Crippen LogP contribution in [0.25, 0.3) is 0 Å². The number of amides is 1. The van der Waals surface area contributed by atoms with Gasteiger partial charge in [-0.25, -0.2) is 4.98 Å². The van der Waals surface area contributed by atoms with E-state index in [4.69, 9.17) is 11.6 Å². The third-order valence-electron chi connectivity index (χ3n) is 2.89. The molecule has 0 spiro atoms. The Kier molecular flexibility index (Phi) is 5.17. The summed E-state index contributed by atoms with van der Waals surface area (Å²) in [6, 6.07) is 4.36. The van der Waals surface area contributed by atoms with Crippen molar-refractivity contribution in [1.29, 1.82) is 0 Å². The Hall–Kier alpha value is -1.63. The lowest BCUT2D eigenvalue weighted by molar-refractivity contribution is 0.102. The van der Waals surface area contributed by atoms with Crippen molar-refractivity contribution in [2.24, 2.45) is 0 Å². The summed E-state index contributed by atoms with van der Waals surface area (Å²) in [5.74, 6) is -0.405. The highest BCUT2D eigenvalue weighted by Crippen LogP contribution is 2.24. The number of aromatic nitrogens is 1. The van der Waals surface area contributed by atoms with Gasteiger partial charge in [-0.2, -0.15) is 0 Å². The van der Waals surface area contributed by atoms with E-state index >= 15 is 0 Å². The lowest BCUT2D eigenvalue weighted by Crippen LogP contribution is -2.18. The maximum atomic E-state index is 12.1. The number of phenols is 1. The van der Waals surface area contributed by atoms with Crippen molar-refractivity contribution in [2.45, 2.75) is 19.9 Å². The number of carbonyl (C=O) groups is 1. The third kappa shape index (κ3) is 3.93. The van der Waals surface area contributed by atoms with Crippen LogP contribution in [0.1, 0.15) is 35.9 Å². The number of aromatic hydroxyl groups is 1. The summed E-state index contributed by atoms with van der Waals surface area (Å²) in [5.41, 5.74) is 1.09. The van der Waals surface area contributed by atoms with Crippen molar-refractivity contribution in [3.63, 3.8) is 0 Å². The Morgan fingerprint density at radius 1 is 1.52 bits per heavy atom. The van der Waals surface area contributed by atoms with Crippen LogP contribution in [0, 0.1) is 0 Å². The Balaban J connectivity index is 2.11. The van der Waals surface area contributed by atoms with Gasteiger partial charge in [-0.05, 0) is 31.7 Å². The number of phenolic OH excluding ortho intramolecular Hbond substituents is 1. The van der Waals surface area contributed by atoms with Crippen molar-refractivity contribution in [1.82, 2.24) is 10.3 Å². The monoisotopic (exact) mass is 325 g/mol. The molecule has 7 heteroatoms. The molecule has 0 bridgehead atoms. The molecule has 0 fully saturated rings. The van der Waals surface area contributed by atoms with Crippen molar-refractivity contribution < 1.29 is 9.90 Å². The molecule has 2 rings (SSSR count). The molecule has 1 aromatic heterocycles. The second-order valence-corrected chi connectivity index (χ2v) is 5.74. The molecule has 0 saturated carbocycles. The average Bonchev–Trinajstić information content (AvgIpc) is 2.90. The quantitative estimate of drug-likeness (QED) is 0.787. The van der Waals surface area contributed by atoms with E-state index in [1.165, 1.54) is 29.5 Å². The minimum absolute atomic E-state index is 0.00912. The largest absolute Gasteiger partial charge is 0.508 e. The molecular formula is C14H16ClN3O2S. The number of thiazole rings is 1. The van der Waals surface area contributed by atoms with Gasteiger partial charge < -0.3 is 10.4 Å². The summed E-state index contributed by atoms with van der Waals surface area (Å²) in [4.78, 5) is 16.5. The van der Waals surface area contributed by atoms with Gasteiger partial charge in [0.05, 0.1) is 16.3 Å². The first kappa shape index (κ1) is 15.8. The third-order valence-corrected chi connectivity index (χ3v) is 4.00. The van der Waals surface area contributed by atoms with Crippen LogP contribution < -0.4 is 10.6 Å². The Bertz CT molecular complexity index is 645. The molecule has 1 amide bonds. The molecule has 3 N–H and O–H groups in total. The van der Waals surface area contributed by atoms with Crippen LogP contribution in [0.2, 0.25) is 5.02 Å². The maximum absolute atomic E-state index is 12.1. The molecule has 0 radical (unpaired) electrons. The number of nitrogens with zero attached hydrogens (tertiary/aromatic N) is 1. The van der Waals surface area contributed by atoms with E-state index in [-0.39, 0.29) is 22.4 Å². The van der Waals surface area contributed by atoms with Crippen LogP contribution in [0.4, 0.5) is 5.13 Å². The van der Waals surface area contributed by atoms with Gasteiger partial charge in [-0.1, -0.05) is 18.5 Å². The minimum atomic E-state index is -0.395. The van der Waals surface area contributed by atoms with Gasteiger partial charge in [0.25, 0.3) is 5.91 Å². The van der Waals surface area contributed by atoms with Crippen LogP contribution in [0.15, 0.2) is 23.6 Å². The predicted octanol–water partition coefficient (Wildman–Crippen LogP) is 3.42. The fourth-order valence-electron chi connectivity index (χ4n) is 1.80. The van der Waals surface area contributed by atoms with Gasteiger partial charge in [-0.15, -0.1) is 11.3 Å². The zero-order chi connectivity index (χ0) is 15.4. The summed E-state index contributed by atoms with van der Waals surface area (Å²) in [6.07, 6.45) is 0. The molecule has 0 aliphatic carbocycles. The molecule has 21 heavy (non-hydrogen) atoms. The molecule has 0 aliphatic rings. The number of anilines is 1. The van der Waals surface area contributed by atoms with Gasteiger partial charge >= 0.3 is 0 Å². The normalized spacial score (nSPS) is 12.1. The number of nitrogens with one attached hydrogen (secondary N) is 2. The van der Waals surface area contributed by atoms with E-state index in [1.807, 2.05) is 19.2 Å². The molecule has 0 aliphatic heterocycles. The fourth-order valence-corrected chi connectivity index (χ4v) is 2.81. The van der Waals surface area contributed by atoms with Gasteiger partial charge in [0.2, 0.25) is 0 Å². The van der Waals surface area contributed by atoms with Crippen molar-refractivity contribution in [3.05, 3.63) is 39.9 Å². The van der Waals surface area contributed by atoms with Crippen LogP contribution >= 0.6 is 22.9 Å². The lowest BCUT2D eigenvalue weighted by Gasteiger charge is -2.08. The van der Waals surface area contributed by atoms with Gasteiger partial charge in [0, 0.05) is 11.4 Å². The molecule has 2 aromatic rings. The Morgan fingerprint density at radius 2 is 2.29 bits per heavy atom. The topological polar surface area (TPSA) is 74.2 Å².